The summed E-state index contributed by atoms with van der Waals surface area (Å²) in [4.78, 5) is 11.7. The van der Waals surface area contributed by atoms with Crippen LogP contribution in [0.5, 0.6) is 5.75 Å². The van der Waals surface area contributed by atoms with Gasteiger partial charge in [0.15, 0.2) is 0 Å². The van der Waals surface area contributed by atoms with Crippen molar-refractivity contribution >= 4 is 48.8 Å². The van der Waals surface area contributed by atoms with Crippen molar-refractivity contribution in [3.8, 4) is 5.75 Å². The molecule has 0 heterocycles. The zero-order chi connectivity index (χ0) is 33.7. The number of halogens is 4. The molecular weight excluding hydrogens is 811 g/mol. The van der Waals surface area contributed by atoms with Crippen LogP contribution in [-0.2, 0) is 11.2 Å². The molecule has 8 heteroatoms. The van der Waals surface area contributed by atoms with Crippen LogP contribution in [0.15, 0.2) is 54.6 Å². The van der Waals surface area contributed by atoms with E-state index in [1.807, 2.05) is 0 Å². The fourth-order valence-corrected chi connectivity index (χ4v) is 24.9. The summed E-state index contributed by atoms with van der Waals surface area (Å²) in [7, 11) is 0. The van der Waals surface area contributed by atoms with Crippen molar-refractivity contribution in [3.63, 3.8) is 0 Å². The molecule has 0 saturated heterocycles. The topological polar surface area (TPSA) is 26.3 Å². The molecule has 0 bridgehead atoms. The van der Waals surface area contributed by atoms with Gasteiger partial charge in [-0.25, -0.2) is 0 Å². The number of hydrogen-bond acceptors (Lipinski definition) is 2. The maximum atomic E-state index is 14.2. The quantitative estimate of drug-likeness (QED) is 0.0310. The van der Waals surface area contributed by atoms with Crippen molar-refractivity contribution in [3.05, 3.63) is 60.2 Å². The van der Waals surface area contributed by atoms with Crippen LogP contribution < -0.4 is 8.32 Å². The van der Waals surface area contributed by atoms with Crippen LogP contribution in [0, 0.1) is 0 Å². The fourth-order valence-electron chi connectivity index (χ4n) is 6.06. The van der Waals surface area contributed by atoms with E-state index >= 15 is 0 Å². The maximum absolute atomic E-state index is 14.2. The Labute approximate surface area is 291 Å². The molecule has 0 spiro atoms. The first kappa shape index (κ1) is 41.4. The summed E-state index contributed by atoms with van der Waals surface area (Å²) in [6.45, 7) is 7.00. The molecule has 0 N–H and O–H groups in total. The zero-order valence-electron chi connectivity index (χ0n) is 28.6. The van der Waals surface area contributed by atoms with E-state index in [2.05, 4.69) is 49.8 Å². The van der Waals surface area contributed by atoms with Gasteiger partial charge in [0, 0.05) is 0 Å². The molecule has 0 radical (unpaired) electrons. The molecule has 0 aliphatic heterocycles. The standard InChI is InChI=1S/C26H31F4O2Te.3C4H9.Sn/c27-25(28,26(29,30)24(31)32-23-17-11-7-12-18-23)19-21-33-20-13-5-3-1-2-4-8-14-22-15-9-6-10-16-22;3*1-3-4-2;/h7,9-12,15-18H,1-5,8,13-14,19-21H2;3*1,3-4H2,2H3;. The number of unbranched alkanes of at least 4 members (excludes halogenated alkanes) is 9. The van der Waals surface area contributed by atoms with Crippen LogP contribution in [0.3, 0.4) is 0 Å². The number of esters is 1. The molecule has 260 valence electrons. The first-order valence-electron chi connectivity index (χ1n) is 17.8. The van der Waals surface area contributed by atoms with Crippen molar-refractivity contribution in [2.45, 2.75) is 151 Å². The predicted molar refractivity (Wildman–Crippen MR) is 189 cm³/mol. The van der Waals surface area contributed by atoms with E-state index in [1.54, 1.807) is 9.65 Å². The van der Waals surface area contributed by atoms with Crippen LogP contribution in [-0.4, -0.2) is 57.1 Å². The molecule has 2 aromatic carbocycles. The number of ether oxygens (including phenoxy) is 1. The molecule has 0 aliphatic rings. The summed E-state index contributed by atoms with van der Waals surface area (Å²) in [6.07, 6.45) is 16.2. The minimum absolute atomic E-state index is 0.0771. The van der Waals surface area contributed by atoms with Crippen LogP contribution in [0.2, 0.25) is 22.2 Å². The Morgan fingerprint density at radius 2 is 1.20 bits per heavy atom. The monoisotopic (exact) mass is 872 g/mol. The molecule has 0 aliphatic carbocycles. The van der Waals surface area contributed by atoms with E-state index in [0.717, 1.165) is 30.2 Å². The number of carbonyl (C=O) groups excluding carboxylic acids is 1. The van der Waals surface area contributed by atoms with Gasteiger partial charge in [0.2, 0.25) is 0 Å². The van der Waals surface area contributed by atoms with E-state index in [4.69, 9.17) is 0 Å². The molecule has 0 aromatic heterocycles. The Morgan fingerprint density at radius 3 is 1.74 bits per heavy atom. The van der Waals surface area contributed by atoms with Gasteiger partial charge >= 0.3 is 293 Å². The third kappa shape index (κ3) is 14.4. The van der Waals surface area contributed by atoms with Gasteiger partial charge in [-0.15, -0.1) is 0 Å². The number of aryl methyl sites for hydroxylation is 1. The van der Waals surface area contributed by atoms with Crippen molar-refractivity contribution in [2.24, 2.45) is 0 Å². The number of alkyl halides is 4. The van der Waals surface area contributed by atoms with Gasteiger partial charge in [0.25, 0.3) is 0 Å². The number of carbonyl (C=O) groups is 1. The van der Waals surface area contributed by atoms with Crippen molar-refractivity contribution in [2.75, 3.05) is 0 Å². The van der Waals surface area contributed by atoms with Crippen molar-refractivity contribution in [1.29, 1.82) is 0 Å². The molecule has 0 fully saturated rings. The summed E-state index contributed by atoms with van der Waals surface area (Å²) < 4.78 is 68.4. The Kier molecular flexibility index (Phi) is 20.5. The molecule has 0 saturated carbocycles. The summed E-state index contributed by atoms with van der Waals surface area (Å²) in [5, 5.41) is 0. The Balaban J connectivity index is 1.60. The Morgan fingerprint density at radius 1 is 0.674 bits per heavy atom. The molecule has 2 rings (SSSR count). The van der Waals surface area contributed by atoms with Crippen molar-refractivity contribution < 1.29 is 27.1 Å². The summed E-state index contributed by atoms with van der Waals surface area (Å²) in [5.41, 5.74) is 1.46. The predicted octanol–water partition coefficient (Wildman–Crippen LogP) is 11.8. The Bertz CT molecular complexity index is 1060. The average molecular weight is 869 g/mol. The molecular formula is C38H58F4O2SnTe. The van der Waals surface area contributed by atoms with Gasteiger partial charge in [-0.3, -0.25) is 0 Å². The second-order valence-corrected chi connectivity index (χ2v) is 29.6. The number of benzene rings is 2. The SMILES string of the molecule is CCC[CH2][Sn]([CH2]CCC)([CH2]CCC)[c]1ccc(CCCCCCCCC[Te]CCC(F)(F)C(F)(F)C(=O)Oc2ccccc2)cc1. The molecule has 46 heavy (non-hydrogen) atoms. The van der Waals surface area contributed by atoms with Crippen LogP contribution in [0.25, 0.3) is 0 Å². The van der Waals surface area contributed by atoms with E-state index in [0.29, 0.717) is 0 Å². The molecule has 2 nitrogen and oxygen atoms in total. The molecule has 2 aromatic rings. The zero-order valence-corrected chi connectivity index (χ0v) is 33.8. The normalized spacial score (nSPS) is 12.4. The number of hydrogen-bond donors (Lipinski definition) is 0. The van der Waals surface area contributed by atoms with Crippen LogP contribution in [0.4, 0.5) is 17.6 Å². The second kappa shape index (κ2) is 22.8. The van der Waals surface area contributed by atoms with Gasteiger partial charge in [-0.1, -0.05) is 0 Å². The fraction of sp³-hybridized carbons (Fsp3) is 0.658. The van der Waals surface area contributed by atoms with Gasteiger partial charge in [0.1, 0.15) is 0 Å². The van der Waals surface area contributed by atoms with Crippen LogP contribution in [0.1, 0.15) is 116 Å². The van der Waals surface area contributed by atoms with Crippen LogP contribution >= 0.6 is 0 Å². The van der Waals surface area contributed by atoms with Crippen molar-refractivity contribution in [1.82, 2.24) is 0 Å². The first-order valence-corrected chi connectivity index (χ1v) is 28.6. The molecule has 0 atom stereocenters. The second-order valence-electron chi connectivity index (χ2n) is 12.9. The summed E-state index contributed by atoms with van der Waals surface area (Å²) in [6, 6.07) is 17.0. The minimum atomic E-state index is -4.84. The Hall–Kier alpha value is -0.782. The summed E-state index contributed by atoms with van der Waals surface area (Å²) in [5.74, 6) is -11.6. The van der Waals surface area contributed by atoms with Gasteiger partial charge < -0.3 is 0 Å². The van der Waals surface area contributed by atoms with Gasteiger partial charge in [-0.05, 0) is 0 Å². The third-order valence-corrected chi connectivity index (χ3v) is 27.8. The van der Waals surface area contributed by atoms with E-state index in [-0.39, 0.29) is 10.2 Å². The van der Waals surface area contributed by atoms with Gasteiger partial charge in [0.05, 0.1) is 0 Å². The third-order valence-electron chi connectivity index (χ3n) is 9.08. The van der Waals surface area contributed by atoms with E-state index < -0.39 is 63.5 Å². The van der Waals surface area contributed by atoms with E-state index in [9.17, 15) is 22.4 Å². The molecule has 0 amide bonds. The number of rotatable bonds is 26. The first-order chi connectivity index (χ1) is 22.1. The average Bonchev–Trinajstić information content (AvgIpc) is 3.05. The number of para-hydroxylation sites is 1. The van der Waals surface area contributed by atoms with E-state index in [1.165, 1.54) is 107 Å². The van der Waals surface area contributed by atoms with Gasteiger partial charge in [-0.2, -0.15) is 0 Å². The summed E-state index contributed by atoms with van der Waals surface area (Å²) >= 11 is -3.13. The molecule has 0 unspecified atom stereocenters.